The Labute approximate surface area is 87.2 Å². The average Bonchev–Trinajstić information content (AvgIpc) is 2.14. The molecule has 1 N–H and O–H groups in total. The highest BCUT2D eigenvalue weighted by Crippen LogP contribution is 2.14. The van der Waals surface area contributed by atoms with Gasteiger partial charge in [-0.2, -0.15) is 0 Å². The van der Waals surface area contributed by atoms with Gasteiger partial charge in [0.2, 0.25) is 0 Å². The van der Waals surface area contributed by atoms with Crippen LogP contribution in [0.3, 0.4) is 0 Å². The van der Waals surface area contributed by atoms with E-state index in [1.54, 1.807) is 0 Å². The number of ether oxygens (including phenoxy) is 1. The van der Waals surface area contributed by atoms with Crippen LogP contribution in [0.25, 0.3) is 0 Å². The van der Waals surface area contributed by atoms with Gasteiger partial charge in [0.1, 0.15) is 5.54 Å². The van der Waals surface area contributed by atoms with Crippen molar-refractivity contribution in [1.82, 2.24) is 5.32 Å². The molecule has 14 heavy (non-hydrogen) atoms. The molecule has 0 radical (unpaired) electrons. The molecule has 1 unspecified atom stereocenters. The highest BCUT2D eigenvalue weighted by molar-refractivity contribution is 5.80. The molecular formula is C11H23NO2. The van der Waals surface area contributed by atoms with Crippen molar-refractivity contribution in [3.63, 3.8) is 0 Å². The molecule has 0 amide bonds. The van der Waals surface area contributed by atoms with E-state index in [0.717, 1.165) is 19.4 Å². The molecule has 0 aromatic rings. The lowest BCUT2D eigenvalue weighted by Crippen LogP contribution is -2.51. The zero-order chi connectivity index (χ0) is 11.2. The molecule has 0 aliphatic heterocycles. The van der Waals surface area contributed by atoms with Crippen LogP contribution >= 0.6 is 0 Å². The van der Waals surface area contributed by atoms with E-state index in [1.807, 2.05) is 6.92 Å². The van der Waals surface area contributed by atoms with E-state index in [1.165, 1.54) is 7.11 Å². The Morgan fingerprint density at radius 2 is 2.07 bits per heavy atom. The molecule has 0 aromatic carbocycles. The Kier molecular flexibility index (Phi) is 5.77. The second kappa shape index (κ2) is 6.02. The molecule has 0 aliphatic rings. The summed E-state index contributed by atoms with van der Waals surface area (Å²) in [5.74, 6) is 0.371. The topological polar surface area (TPSA) is 38.3 Å². The van der Waals surface area contributed by atoms with Gasteiger partial charge in [0.05, 0.1) is 7.11 Å². The predicted molar refractivity (Wildman–Crippen MR) is 58.2 cm³/mol. The number of hydrogen-bond acceptors (Lipinski definition) is 3. The normalized spacial score (nSPS) is 15.3. The van der Waals surface area contributed by atoms with Crippen molar-refractivity contribution in [2.45, 2.75) is 46.1 Å². The molecule has 0 rings (SSSR count). The van der Waals surface area contributed by atoms with Crippen LogP contribution < -0.4 is 5.32 Å². The molecule has 0 saturated carbocycles. The zero-order valence-electron chi connectivity index (χ0n) is 10.0. The first-order chi connectivity index (χ1) is 6.46. The summed E-state index contributed by atoms with van der Waals surface area (Å²) < 4.78 is 4.80. The molecule has 0 aromatic heterocycles. The van der Waals surface area contributed by atoms with Crippen molar-refractivity contribution in [2.75, 3.05) is 13.7 Å². The molecule has 3 heteroatoms. The van der Waals surface area contributed by atoms with E-state index in [4.69, 9.17) is 4.74 Å². The van der Waals surface area contributed by atoms with Crippen LogP contribution in [0.5, 0.6) is 0 Å². The number of carbonyl (C=O) groups is 1. The fourth-order valence-electron chi connectivity index (χ4n) is 1.42. The molecule has 0 bridgehead atoms. The molecule has 0 saturated heterocycles. The monoisotopic (exact) mass is 201 g/mol. The van der Waals surface area contributed by atoms with Gasteiger partial charge in [-0.1, -0.05) is 27.2 Å². The number of nitrogens with one attached hydrogen (secondary N) is 1. The summed E-state index contributed by atoms with van der Waals surface area (Å²) in [7, 11) is 1.44. The number of hydrogen-bond donors (Lipinski definition) is 1. The molecule has 3 nitrogen and oxygen atoms in total. The maximum absolute atomic E-state index is 11.6. The lowest BCUT2D eigenvalue weighted by Gasteiger charge is -2.28. The van der Waals surface area contributed by atoms with Crippen molar-refractivity contribution < 1.29 is 9.53 Å². The van der Waals surface area contributed by atoms with Crippen LogP contribution in [0, 0.1) is 5.92 Å². The summed E-state index contributed by atoms with van der Waals surface area (Å²) in [6.45, 7) is 9.06. The molecular weight excluding hydrogens is 178 g/mol. The van der Waals surface area contributed by atoms with Gasteiger partial charge in [0.15, 0.2) is 0 Å². The summed E-state index contributed by atoms with van der Waals surface area (Å²) >= 11 is 0. The van der Waals surface area contributed by atoms with Gasteiger partial charge in [-0.25, -0.2) is 0 Å². The van der Waals surface area contributed by atoms with Crippen LogP contribution in [-0.2, 0) is 9.53 Å². The highest BCUT2D eigenvalue weighted by Gasteiger charge is 2.32. The largest absolute Gasteiger partial charge is 0.468 e. The maximum Gasteiger partial charge on any atom is 0.325 e. The molecule has 0 spiro atoms. The van der Waals surface area contributed by atoms with Crippen molar-refractivity contribution in [3.8, 4) is 0 Å². The maximum atomic E-state index is 11.6. The van der Waals surface area contributed by atoms with Gasteiger partial charge in [0, 0.05) is 0 Å². The SMILES string of the molecule is CCCC(C)(NCC(C)C)C(=O)OC. The Morgan fingerprint density at radius 1 is 1.50 bits per heavy atom. The average molecular weight is 201 g/mol. The van der Waals surface area contributed by atoms with Crippen LogP contribution in [0.2, 0.25) is 0 Å². The van der Waals surface area contributed by atoms with Gasteiger partial charge in [-0.15, -0.1) is 0 Å². The summed E-state index contributed by atoms with van der Waals surface area (Å²) in [6, 6.07) is 0. The van der Waals surface area contributed by atoms with Gasteiger partial charge < -0.3 is 10.1 Å². The van der Waals surface area contributed by atoms with E-state index in [2.05, 4.69) is 26.1 Å². The standard InChI is InChI=1S/C11H23NO2/c1-6-7-11(4,10(13)14-5)12-8-9(2)3/h9,12H,6-8H2,1-5H3. The highest BCUT2D eigenvalue weighted by atomic mass is 16.5. The third-order valence-corrected chi connectivity index (χ3v) is 2.29. The fourth-order valence-corrected chi connectivity index (χ4v) is 1.42. The van der Waals surface area contributed by atoms with Gasteiger partial charge >= 0.3 is 5.97 Å². The molecule has 0 fully saturated rings. The quantitative estimate of drug-likeness (QED) is 0.668. The first-order valence-corrected chi connectivity index (χ1v) is 5.29. The summed E-state index contributed by atoms with van der Waals surface area (Å²) in [5.41, 5.74) is -0.520. The third kappa shape index (κ3) is 4.09. The van der Waals surface area contributed by atoms with E-state index >= 15 is 0 Å². The van der Waals surface area contributed by atoms with E-state index in [9.17, 15) is 4.79 Å². The number of esters is 1. The Balaban J connectivity index is 4.30. The van der Waals surface area contributed by atoms with E-state index in [0.29, 0.717) is 5.92 Å². The lowest BCUT2D eigenvalue weighted by molar-refractivity contribution is -0.148. The van der Waals surface area contributed by atoms with Crippen LogP contribution in [0.15, 0.2) is 0 Å². The second-order valence-corrected chi connectivity index (χ2v) is 4.35. The van der Waals surface area contributed by atoms with Crippen molar-refractivity contribution in [2.24, 2.45) is 5.92 Å². The van der Waals surface area contributed by atoms with Gasteiger partial charge in [-0.05, 0) is 25.8 Å². The lowest BCUT2D eigenvalue weighted by atomic mass is 9.95. The number of rotatable bonds is 6. The second-order valence-electron chi connectivity index (χ2n) is 4.35. The van der Waals surface area contributed by atoms with Crippen LogP contribution in [0.1, 0.15) is 40.5 Å². The summed E-state index contributed by atoms with van der Waals surface area (Å²) in [4.78, 5) is 11.6. The predicted octanol–water partition coefficient (Wildman–Crippen LogP) is 1.96. The van der Waals surface area contributed by atoms with Gasteiger partial charge in [0.25, 0.3) is 0 Å². The minimum atomic E-state index is -0.520. The van der Waals surface area contributed by atoms with Crippen molar-refractivity contribution in [1.29, 1.82) is 0 Å². The molecule has 0 heterocycles. The fraction of sp³-hybridized carbons (Fsp3) is 0.909. The smallest absolute Gasteiger partial charge is 0.325 e. The van der Waals surface area contributed by atoms with E-state index < -0.39 is 5.54 Å². The number of carbonyl (C=O) groups excluding carboxylic acids is 1. The zero-order valence-corrected chi connectivity index (χ0v) is 10.0. The van der Waals surface area contributed by atoms with E-state index in [-0.39, 0.29) is 5.97 Å². The third-order valence-electron chi connectivity index (χ3n) is 2.29. The Hall–Kier alpha value is -0.570. The summed E-state index contributed by atoms with van der Waals surface area (Å²) in [6.07, 6.45) is 1.78. The minimum Gasteiger partial charge on any atom is -0.468 e. The first-order valence-electron chi connectivity index (χ1n) is 5.29. The Bertz CT molecular complexity index is 180. The van der Waals surface area contributed by atoms with Crippen molar-refractivity contribution >= 4 is 5.97 Å². The first kappa shape index (κ1) is 13.4. The molecule has 84 valence electrons. The van der Waals surface area contributed by atoms with Crippen LogP contribution in [0.4, 0.5) is 0 Å². The van der Waals surface area contributed by atoms with Crippen molar-refractivity contribution in [3.05, 3.63) is 0 Å². The Morgan fingerprint density at radius 3 is 2.43 bits per heavy atom. The van der Waals surface area contributed by atoms with Gasteiger partial charge in [-0.3, -0.25) is 4.79 Å². The number of methoxy groups -OCH3 is 1. The molecule has 1 atom stereocenters. The van der Waals surface area contributed by atoms with Crippen LogP contribution in [-0.4, -0.2) is 25.2 Å². The molecule has 0 aliphatic carbocycles. The minimum absolute atomic E-state index is 0.167. The summed E-state index contributed by atoms with van der Waals surface area (Å²) in [5, 5.41) is 3.27.